The van der Waals surface area contributed by atoms with Crippen LogP contribution in [0.2, 0.25) is 0 Å². The fourth-order valence-electron chi connectivity index (χ4n) is 2.34. The number of para-hydroxylation sites is 2. The highest BCUT2D eigenvalue weighted by Gasteiger charge is 2.21. The molecule has 0 fully saturated rings. The highest BCUT2D eigenvalue weighted by Crippen LogP contribution is 2.34. The third-order valence-corrected chi connectivity index (χ3v) is 3.36. The molecule has 0 saturated heterocycles. The molecule has 0 spiro atoms. The first kappa shape index (κ1) is 12.5. The second-order valence-corrected chi connectivity index (χ2v) is 4.80. The van der Waals surface area contributed by atoms with E-state index in [1.807, 2.05) is 65.7 Å². The van der Waals surface area contributed by atoms with Gasteiger partial charge in [0.2, 0.25) is 0 Å². The van der Waals surface area contributed by atoms with Gasteiger partial charge in [0.15, 0.2) is 11.7 Å². The van der Waals surface area contributed by atoms with Crippen LogP contribution >= 0.6 is 0 Å². The molecule has 0 unspecified atom stereocenters. The molecule has 5 nitrogen and oxygen atoms in total. The molecule has 0 saturated carbocycles. The Morgan fingerprint density at radius 2 is 1.55 bits per heavy atom. The number of pyridine rings is 2. The van der Waals surface area contributed by atoms with Gasteiger partial charge in [-0.25, -0.2) is 15.0 Å². The molecule has 106 valence electrons. The van der Waals surface area contributed by atoms with E-state index in [9.17, 15) is 0 Å². The highest BCUT2D eigenvalue weighted by atomic mass is 15.6. The van der Waals surface area contributed by atoms with Crippen molar-refractivity contribution in [3.8, 4) is 0 Å². The van der Waals surface area contributed by atoms with Gasteiger partial charge in [-0.2, -0.15) is 0 Å². The summed E-state index contributed by atoms with van der Waals surface area (Å²) in [4.78, 5) is 13.4. The van der Waals surface area contributed by atoms with Crippen LogP contribution in [-0.4, -0.2) is 15.8 Å². The minimum atomic E-state index is 0.699. The lowest BCUT2D eigenvalue weighted by atomic mass is 10.2. The van der Waals surface area contributed by atoms with Gasteiger partial charge in [-0.05, 0) is 36.4 Å². The van der Waals surface area contributed by atoms with Gasteiger partial charge in [0.25, 0.3) is 0 Å². The van der Waals surface area contributed by atoms with Gasteiger partial charge in [-0.3, -0.25) is 10.4 Å². The minimum Gasteiger partial charge on any atom is -0.274 e. The van der Waals surface area contributed by atoms with Crippen molar-refractivity contribution in [2.24, 2.45) is 4.99 Å². The quantitative estimate of drug-likeness (QED) is 0.786. The van der Waals surface area contributed by atoms with Crippen molar-refractivity contribution < 1.29 is 0 Å². The fraction of sp³-hybridized carbons (Fsp3) is 0. The monoisotopic (exact) mass is 287 g/mol. The summed E-state index contributed by atoms with van der Waals surface area (Å²) in [5, 5.41) is 1.92. The van der Waals surface area contributed by atoms with Gasteiger partial charge < -0.3 is 0 Å². The van der Waals surface area contributed by atoms with E-state index in [1.54, 1.807) is 12.4 Å². The molecule has 1 aliphatic rings. The normalized spacial score (nSPS) is 13.1. The lowest BCUT2D eigenvalue weighted by Gasteiger charge is -2.30. The van der Waals surface area contributed by atoms with E-state index in [2.05, 4.69) is 20.4 Å². The Labute approximate surface area is 128 Å². The summed E-state index contributed by atoms with van der Waals surface area (Å²) in [6.45, 7) is 0. The van der Waals surface area contributed by atoms with Crippen molar-refractivity contribution >= 4 is 23.0 Å². The number of aromatic nitrogens is 2. The largest absolute Gasteiger partial charge is 0.274 e. The van der Waals surface area contributed by atoms with E-state index >= 15 is 0 Å². The second-order valence-electron chi connectivity index (χ2n) is 4.80. The van der Waals surface area contributed by atoms with Gasteiger partial charge in [0, 0.05) is 12.4 Å². The Morgan fingerprint density at radius 1 is 0.773 bits per heavy atom. The van der Waals surface area contributed by atoms with E-state index < -0.39 is 0 Å². The zero-order valence-electron chi connectivity index (χ0n) is 11.7. The lowest BCUT2D eigenvalue weighted by molar-refractivity contribution is 0.887. The Morgan fingerprint density at radius 3 is 2.32 bits per heavy atom. The molecule has 5 heteroatoms. The number of nitrogens with zero attached hydrogens (tertiary/aromatic N) is 4. The predicted octanol–water partition coefficient (Wildman–Crippen LogP) is 3.21. The molecule has 0 amide bonds. The summed E-state index contributed by atoms with van der Waals surface area (Å²) in [7, 11) is 0. The van der Waals surface area contributed by atoms with Crippen molar-refractivity contribution in [3.63, 3.8) is 0 Å². The van der Waals surface area contributed by atoms with Gasteiger partial charge in [0.1, 0.15) is 5.69 Å². The average Bonchev–Trinajstić information content (AvgIpc) is 2.62. The van der Waals surface area contributed by atoms with Gasteiger partial charge in [-0.1, -0.05) is 24.3 Å². The van der Waals surface area contributed by atoms with Crippen LogP contribution in [0.25, 0.3) is 0 Å². The van der Waals surface area contributed by atoms with Crippen LogP contribution in [0.15, 0.2) is 78.0 Å². The third kappa shape index (κ3) is 2.18. The maximum absolute atomic E-state index is 4.66. The van der Waals surface area contributed by atoms with Crippen molar-refractivity contribution in [1.82, 2.24) is 15.4 Å². The van der Waals surface area contributed by atoms with E-state index in [4.69, 9.17) is 0 Å². The van der Waals surface area contributed by atoms with Gasteiger partial charge in [0.05, 0.1) is 11.4 Å². The molecule has 4 rings (SSSR count). The number of amidine groups is 1. The molecular weight excluding hydrogens is 274 g/mol. The smallest absolute Gasteiger partial charge is 0.171 e. The highest BCUT2D eigenvalue weighted by molar-refractivity contribution is 6.03. The average molecular weight is 287 g/mol. The number of aliphatic imine (C=N–C) groups is 1. The van der Waals surface area contributed by atoms with E-state index in [1.165, 1.54) is 0 Å². The molecule has 0 aliphatic carbocycles. The third-order valence-electron chi connectivity index (χ3n) is 3.36. The lowest BCUT2D eigenvalue weighted by Crippen LogP contribution is -2.42. The summed E-state index contributed by atoms with van der Waals surface area (Å²) in [5.41, 5.74) is 5.93. The second kappa shape index (κ2) is 5.29. The first-order valence-corrected chi connectivity index (χ1v) is 6.99. The molecule has 2 aromatic heterocycles. The molecule has 0 bridgehead atoms. The zero-order valence-corrected chi connectivity index (χ0v) is 11.7. The molecule has 3 aromatic rings. The Kier molecular flexibility index (Phi) is 3.01. The minimum absolute atomic E-state index is 0.699. The Balaban J connectivity index is 1.84. The summed E-state index contributed by atoms with van der Waals surface area (Å²) in [6.07, 6.45) is 3.52. The van der Waals surface area contributed by atoms with Crippen LogP contribution in [0.3, 0.4) is 0 Å². The standard InChI is InChI=1S/C17H13N5/c1-2-9-15-13(7-1)20-17(14-8-3-5-11-18-14)21-22(15)16-10-4-6-12-19-16/h1-12H,(H,20,21). The van der Waals surface area contributed by atoms with Crippen molar-refractivity contribution in [3.05, 3.63) is 78.8 Å². The zero-order chi connectivity index (χ0) is 14.8. The maximum atomic E-state index is 4.66. The number of nitrogens with one attached hydrogen (secondary N) is 1. The van der Waals surface area contributed by atoms with E-state index in [-0.39, 0.29) is 0 Å². The molecule has 3 heterocycles. The molecule has 1 N–H and O–H groups in total. The predicted molar refractivity (Wildman–Crippen MR) is 86.4 cm³/mol. The van der Waals surface area contributed by atoms with Crippen LogP contribution in [0, 0.1) is 0 Å². The number of benzene rings is 1. The molecule has 1 aliphatic heterocycles. The fourth-order valence-corrected chi connectivity index (χ4v) is 2.34. The number of fused-ring (bicyclic) bond motifs is 1. The maximum Gasteiger partial charge on any atom is 0.171 e. The Hall–Kier alpha value is -3.21. The number of hydrogen-bond acceptors (Lipinski definition) is 5. The van der Waals surface area contributed by atoms with Crippen LogP contribution in [0.5, 0.6) is 0 Å². The van der Waals surface area contributed by atoms with Crippen LogP contribution in [-0.2, 0) is 0 Å². The Bertz CT molecular complexity index is 815. The number of hydrazine groups is 1. The molecule has 0 radical (unpaired) electrons. The van der Waals surface area contributed by atoms with Crippen LogP contribution in [0.1, 0.15) is 5.69 Å². The molecule has 1 aromatic carbocycles. The summed E-state index contributed by atoms with van der Waals surface area (Å²) >= 11 is 0. The van der Waals surface area contributed by atoms with Crippen molar-refractivity contribution in [1.29, 1.82) is 0 Å². The molecular formula is C17H13N5. The summed E-state index contributed by atoms with van der Waals surface area (Å²) in [5.74, 6) is 1.50. The van der Waals surface area contributed by atoms with Crippen molar-refractivity contribution in [2.75, 3.05) is 5.01 Å². The van der Waals surface area contributed by atoms with E-state index in [0.29, 0.717) is 5.84 Å². The van der Waals surface area contributed by atoms with Gasteiger partial charge in [-0.15, -0.1) is 0 Å². The van der Waals surface area contributed by atoms with Crippen LogP contribution in [0.4, 0.5) is 17.2 Å². The number of anilines is 2. The number of rotatable bonds is 2. The molecule has 22 heavy (non-hydrogen) atoms. The van der Waals surface area contributed by atoms with Crippen LogP contribution < -0.4 is 10.4 Å². The first-order valence-electron chi connectivity index (χ1n) is 6.99. The first-order chi connectivity index (χ1) is 10.9. The number of hydrogen-bond donors (Lipinski definition) is 1. The SMILES string of the molecule is c1ccc(C2=Nc3ccccc3N(c3ccccn3)N2)nc1. The molecule has 0 atom stereocenters. The van der Waals surface area contributed by atoms with Crippen molar-refractivity contribution in [2.45, 2.75) is 0 Å². The topological polar surface area (TPSA) is 53.4 Å². The summed E-state index contributed by atoms with van der Waals surface area (Å²) < 4.78 is 0. The van der Waals surface area contributed by atoms with Gasteiger partial charge >= 0.3 is 0 Å². The summed E-state index contributed by atoms with van der Waals surface area (Å²) in [6, 6.07) is 19.5. The van der Waals surface area contributed by atoms with E-state index in [0.717, 1.165) is 22.9 Å².